The third kappa shape index (κ3) is 6.55. The van der Waals surface area contributed by atoms with E-state index in [4.69, 9.17) is 4.99 Å². The van der Waals surface area contributed by atoms with Crippen LogP contribution >= 0.6 is 24.0 Å². The largest absolute Gasteiger partial charge is 0.390 e. The van der Waals surface area contributed by atoms with Gasteiger partial charge in [0.25, 0.3) is 0 Å². The fourth-order valence-electron chi connectivity index (χ4n) is 4.37. The Morgan fingerprint density at radius 3 is 2.53 bits per heavy atom. The lowest BCUT2D eigenvalue weighted by Crippen LogP contribution is -2.53. The van der Waals surface area contributed by atoms with E-state index in [0.29, 0.717) is 13.1 Å². The smallest absolute Gasteiger partial charge is 0.194 e. The van der Waals surface area contributed by atoms with Crippen molar-refractivity contribution >= 4 is 35.8 Å². The molecule has 8 heteroatoms. The van der Waals surface area contributed by atoms with E-state index in [1.165, 1.54) is 11.1 Å². The minimum absolute atomic E-state index is 0. The molecule has 2 N–H and O–H groups in total. The molecular weight excluding hydrogens is 515 g/mol. The molecule has 2 aromatic rings. The number of anilines is 1. The summed E-state index contributed by atoms with van der Waals surface area (Å²) in [6.07, 6.45) is 2.43. The predicted molar refractivity (Wildman–Crippen MR) is 141 cm³/mol. The fraction of sp³-hybridized carbons (Fsp3) is 0.500. The molecule has 0 aliphatic carbocycles. The minimum Gasteiger partial charge on any atom is -0.390 e. The lowest BCUT2D eigenvalue weighted by molar-refractivity contribution is 0.111. The summed E-state index contributed by atoms with van der Waals surface area (Å²) >= 11 is 0. The summed E-state index contributed by atoms with van der Waals surface area (Å²) in [7, 11) is 0. The number of rotatable bonds is 6. The number of hydrogen-bond acceptors (Lipinski definition) is 5. The second-order valence-electron chi connectivity index (χ2n) is 8.26. The highest BCUT2D eigenvalue weighted by Gasteiger charge is 2.22. The van der Waals surface area contributed by atoms with E-state index in [-0.39, 0.29) is 24.0 Å². The van der Waals surface area contributed by atoms with E-state index in [9.17, 15) is 5.11 Å². The van der Waals surface area contributed by atoms with Crippen LogP contribution in [0.15, 0.2) is 53.7 Å². The van der Waals surface area contributed by atoms with Crippen LogP contribution in [0.5, 0.6) is 0 Å². The maximum atomic E-state index is 10.6. The lowest BCUT2D eigenvalue weighted by Gasteiger charge is -2.37. The van der Waals surface area contributed by atoms with Gasteiger partial charge in [0.05, 0.1) is 12.6 Å². The van der Waals surface area contributed by atoms with Crippen LogP contribution in [0.1, 0.15) is 18.1 Å². The zero-order valence-corrected chi connectivity index (χ0v) is 21.2. The molecule has 0 saturated carbocycles. The molecule has 2 aliphatic heterocycles. The van der Waals surface area contributed by atoms with Crippen molar-refractivity contribution in [2.24, 2.45) is 4.99 Å². The molecule has 1 atom stereocenters. The molecule has 3 heterocycles. The molecule has 1 aromatic carbocycles. The second kappa shape index (κ2) is 12.4. The Morgan fingerprint density at radius 2 is 1.81 bits per heavy atom. The molecule has 2 aliphatic rings. The Kier molecular flexibility index (Phi) is 9.55. The highest BCUT2D eigenvalue weighted by atomic mass is 127. The van der Waals surface area contributed by atoms with Crippen LogP contribution in [-0.4, -0.2) is 84.3 Å². The standard InChI is InChI=1S/C24H34N6O.HI/c1-2-25-24(30-15-13-29(14-16-30)23-9-5-6-11-26-23)27-17-22(31)19-28-12-10-20-7-3-4-8-21(20)18-28;/h3-9,11,22,31H,2,10,12-19H2,1H3,(H,25,27);1H. The van der Waals surface area contributed by atoms with Crippen molar-refractivity contribution in [1.29, 1.82) is 0 Å². The molecular formula is C24H35IN6O. The summed E-state index contributed by atoms with van der Waals surface area (Å²) in [5.74, 6) is 1.92. The number of halogens is 1. The number of fused-ring (bicyclic) bond motifs is 1. The van der Waals surface area contributed by atoms with E-state index in [1.807, 2.05) is 18.3 Å². The average Bonchev–Trinajstić information content (AvgIpc) is 2.82. The van der Waals surface area contributed by atoms with Gasteiger partial charge in [-0.25, -0.2) is 4.98 Å². The zero-order valence-electron chi connectivity index (χ0n) is 18.9. The predicted octanol–water partition coefficient (Wildman–Crippen LogP) is 2.21. The number of aliphatic hydroxyl groups is 1. The number of aliphatic imine (C=N–C) groups is 1. The fourth-order valence-corrected chi connectivity index (χ4v) is 4.37. The molecule has 0 spiro atoms. The number of hydrogen-bond donors (Lipinski definition) is 2. The van der Waals surface area contributed by atoms with Gasteiger partial charge in [-0.3, -0.25) is 9.89 Å². The van der Waals surface area contributed by atoms with Crippen molar-refractivity contribution in [2.45, 2.75) is 26.0 Å². The highest BCUT2D eigenvalue weighted by molar-refractivity contribution is 14.0. The van der Waals surface area contributed by atoms with E-state index >= 15 is 0 Å². The molecule has 4 rings (SSSR count). The van der Waals surface area contributed by atoms with Gasteiger partial charge in [-0.2, -0.15) is 0 Å². The molecule has 0 amide bonds. The Labute approximate surface area is 208 Å². The first-order valence-electron chi connectivity index (χ1n) is 11.4. The van der Waals surface area contributed by atoms with Gasteiger partial charge in [-0.15, -0.1) is 24.0 Å². The summed E-state index contributed by atoms with van der Waals surface area (Å²) < 4.78 is 0. The number of piperazine rings is 1. The van der Waals surface area contributed by atoms with Crippen LogP contribution in [0.25, 0.3) is 0 Å². The number of pyridine rings is 1. The van der Waals surface area contributed by atoms with E-state index < -0.39 is 6.10 Å². The molecule has 7 nitrogen and oxygen atoms in total. The molecule has 32 heavy (non-hydrogen) atoms. The Morgan fingerprint density at radius 1 is 1.06 bits per heavy atom. The highest BCUT2D eigenvalue weighted by Crippen LogP contribution is 2.18. The minimum atomic E-state index is -0.464. The summed E-state index contributed by atoms with van der Waals surface area (Å²) in [6, 6.07) is 14.6. The Bertz CT molecular complexity index is 857. The first kappa shape index (κ1) is 24.7. The number of aliphatic hydroxyl groups excluding tert-OH is 1. The third-order valence-electron chi connectivity index (χ3n) is 6.02. The van der Waals surface area contributed by atoms with Gasteiger partial charge in [-0.1, -0.05) is 30.3 Å². The van der Waals surface area contributed by atoms with Gasteiger partial charge in [-0.05, 0) is 36.6 Å². The van der Waals surface area contributed by atoms with Crippen molar-refractivity contribution in [3.05, 3.63) is 59.8 Å². The molecule has 1 saturated heterocycles. The SMILES string of the molecule is CCNC(=NCC(O)CN1CCc2ccccc2C1)N1CCN(c2ccccn2)CC1.I. The third-order valence-corrected chi connectivity index (χ3v) is 6.02. The van der Waals surface area contributed by atoms with Crippen molar-refractivity contribution in [3.8, 4) is 0 Å². The van der Waals surface area contributed by atoms with Gasteiger partial charge >= 0.3 is 0 Å². The van der Waals surface area contributed by atoms with Gasteiger partial charge < -0.3 is 20.2 Å². The number of benzene rings is 1. The topological polar surface area (TPSA) is 67.2 Å². The Hall–Kier alpha value is -1.91. The normalized spacial score (nSPS) is 18.0. The molecule has 1 aromatic heterocycles. The monoisotopic (exact) mass is 550 g/mol. The second-order valence-corrected chi connectivity index (χ2v) is 8.26. The van der Waals surface area contributed by atoms with Gasteiger partial charge in [0.15, 0.2) is 5.96 Å². The summed E-state index contributed by atoms with van der Waals surface area (Å²) in [4.78, 5) is 16.2. The van der Waals surface area contributed by atoms with Crippen LogP contribution in [0.2, 0.25) is 0 Å². The molecule has 0 radical (unpaired) electrons. The van der Waals surface area contributed by atoms with E-state index in [2.05, 4.69) is 62.3 Å². The van der Waals surface area contributed by atoms with Gasteiger partial charge in [0.2, 0.25) is 0 Å². The molecule has 1 unspecified atom stereocenters. The van der Waals surface area contributed by atoms with Crippen molar-refractivity contribution in [2.75, 3.05) is 57.3 Å². The quantitative estimate of drug-likeness (QED) is 0.327. The average molecular weight is 550 g/mol. The number of aromatic nitrogens is 1. The van der Waals surface area contributed by atoms with Crippen LogP contribution in [0.4, 0.5) is 5.82 Å². The lowest BCUT2D eigenvalue weighted by atomic mass is 10.00. The van der Waals surface area contributed by atoms with Crippen LogP contribution in [-0.2, 0) is 13.0 Å². The van der Waals surface area contributed by atoms with Gasteiger partial charge in [0, 0.05) is 58.6 Å². The maximum Gasteiger partial charge on any atom is 0.194 e. The first-order chi connectivity index (χ1) is 15.2. The zero-order chi connectivity index (χ0) is 21.5. The van der Waals surface area contributed by atoms with Crippen molar-refractivity contribution in [1.82, 2.24) is 20.1 Å². The summed E-state index contributed by atoms with van der Waals surface area (Å²) in [6.45, 7) is 9.49. The summed E-state index contributed by atoms with van der Waals surface area (Å²) in [5.41, 5.74) is 2.81. The number of nitrogens with one attached hydrogen (secondary N) is 1. The van der Waals surface area contributed by atoms with E-state index in [1.54, 1.807) is 0 Å². The van der Waals surface area contributed by atoms with Crippen LogP contribution in [0.3, 0.4) is 0 Å². The summed E-state index contributed by atoms with van der Waals surface area (Å²) in [5, 5.41) is 14.0. The van der Waals surface area contributed by atoms with Gasteiger partial charge in [0.1, 0.15) is 5.82 Å². The number of β-amino-alcohol motifs (C(OH)–C–C–N with tert-alkyl or cyclic N) is 1. The Balaban J connectivity index is 0.00000289. The molecule has 174 valence electrons. The maximum absolute atomic E-state index is 10.6. The van der Waals surface area contributed by atoms with Crippen molar-refractivity contribution in [3.63, 3.8) is 0 Å². The van der Waals surface area contributed by atoms with Crippen LogP contribution in [0, 0.1) is 0 Å². The first-order valence-corrected chi connectivity index (χ1v) is 11.4. The number of nitrogens with zero attached hydrogens (tertiary/aromatic N) is 5. The molecule has 0 bridgehead atoms. The number of guanidine groups is 1. The van der Waals surface area contributed by atoms with Crippen molar-refractivity contribution < 1.29 is 5.11 Å². The van der Waals surface area contributed by atoms with E-state index in [0.717, 1.165) is 64.0 Å². The molecule has 1 fully saturated rings. The van der Waals surface area contributed by atoms with Crippen LogP contribution < -0.4 is 10.2 Å².